The third-order valence-corrected chi connectivity index (χ3v) is 4.05. The van der Waals surface area contributed by atoms with Gasteiger partial charge >= 0.3 is 0 Å². The molecule has 0 aromatic carbocycles. The van der Waals surface area contributed by atoms with Crippen molar-refractivity contribution in [2.45, 2.75) is 59.4 Å². The van der Waals surface area contributed by atoms with Crippen LogP contribution < -0.4 is 10.6 Å². The molecule has 2 nitrogen and oxygen atoms in total. The van der Waals surface area contributed by atoms with E-state index >= 15 is 0 Å². The van der Waals surface area contributed by atoms with Gasteiger partial charge in [0.1, 0.15) is 0 Å². The smallest absolute Gasteiger partial charge is 0.0459 e. The van der Waals surface area contributed by atoms with Crippen molar-refractivity contribution >= 4 is 0 Å². The van der Waals surface area contributed by atoms with E-state index in [1.54, 1.807) is 0 Å². The highest BCUT2D eigenvalue weighted by Crippen LogP contribution is 2.29. The average Bonchev–Trinajstić information content (AvgIpc) is 2.44. The summed E-state index contributed by atoms with van der Waals surface area (Å²) < 4.78 is 0. The second kappa shape index (κ2) is 9.78. The monoisotopic (exact) mass is 288 g/mol. The Labute approximate surface area is 131 Å². The summed E-state index contributed by atoms with van der Waals surface area (Å²) in [6, 6.07) is 0.630. The summed E-state index contributed by atoms with van der Waals surface area (Å²) in [6.07, 6.45) is 8.99. The molecule has 0 bridgehead atoms. The van der Waals surface area contributed by atoms with Crippen LogP contribution in [0.15, 0.2) is 41.2 Å². The summed E-state index contributed by atoms with van der Waals surface area (Å²) in [5, 5.41) is 7.15. The largest absolute Gasteiger partial charge is 0.301 e. The van der Waals surface area contributed by atoms with Gasteiger partial charge in [0, 0.05) is 24.8 Å². The lowest BCUT2D eigenvalue weighted by Crippen LogP contribution is -2.43. The van der Waals surface area contributed by atoms with E-state index in [0.717, 1.165) is 19.1 Å². The van der Waals surface area contributed by atoms with Gasteiger partial charge in [0.05, 0.1) is 0 Å². The Kier molecular flexibility index (Phi) is 8.37. The highest BCUT2D eigenvalue weighted by molar-refractivity contribution is 5.22. The Bertz CT molecular complexity index is 421. The number of hydrogen-bond donors (Lipinski definition) is 2. The number of allylic oxidation sites excluding steroid dienone is 2. The molecule has 1 rings (SSSR count). The van der Waals surface area contributed by atoms with E-state index in [2.05, 4.69) is 49.8 Å². The van der Waals surface area contributed by atoms with Crippen molar-refractivity contribution in [3.05, 3.63) is 41.2 Å². The molecule has 0 aromatic rings. The number of rotatable bonds is 7. The predicted molar refractivity (Wildman–Crippen MR) is 93.3 cm³/mol. The zero-order valence-electron chi connectivity index (χ0n) is 14.3. The van der Waals surface area contributed by atoms with Crippen LogP contribution >= 0.6 is 0 Å². The minimum Gasteiger partial charge on any atom is -0.301 e. The van der Waals surface area contributed by atoms with Crippen LogP contribution in [0.2, 0.25) is 0 Å². The van der Waals surface area contributed by atoms with Gasteiger partial charge in [-0.3, -0.25) is 5.32 Å². The second-order valence-corrected chi connectivity index (χ2v) is 6.26. The van der Waals surface area contributed by atoms with Crippen molar-refractivity contribution in [1.29, 1.82) is 0 Å². The lowest BCUT2D eigenvalue weighted by molar-refractivity contribution is 0.289. The maximum atomic E-state index is 4.15. The predicted octanol–water partition coefficient (Wildman–Crippen LogP) is 4.33. The van der Waals surface area contributed by atoms with Gasteiger partial charge < -0.3 is 5.32 Å². The third-order valence-electron chi connectivity index (χ3n) is 4.05. The van der Waals surface area contributed by atoms with Crippen LogP contribution in [-0.2, 0) is 0 Å². The molecule has 0 heterocycles. The van der Waals surface area contributed by atoms with Gasteiger partial charge in [-0.25, -0.2) is 0 Å². The van der Waals surface area contributed by atoms with E-state index in [0.29, 0.717) is 6.04 Å². The molecule has 0 aliphatic heterocycles. The van der Waals surface area contributed by atoms with Gasteiger partial charge in [-0.1, -0.05) is 37.1 Å². The van der Waals surface area contributed by atoms with Crippen molar-refractivity contribution in [3.8, 4) is 0 Å². The Morgan fingerprint density at radius 2 is 2.19 bits per heavy atom. The maximum absolute atomic E-state index is 4.15. The molecule has 1 saturated carbocycles. The molecule has 1 aliphatic carbocycles. The van der Waals surface area contributed by atoms with Crippen LogP contribution in [0, 0.1) is 5.92 Å². The highest BCUT2D eigenvalue weighted by atomic mass is 15.1. The van der Waals surface area contributed by atoms with Gasteiger partial charge in [0.15, 0.2) is 0 Å². The number of nitrogens with one attached hydrogen (secondary N) is 2. The zero-order valence-corrected chi connectivity index (χ0v) is 14.3. The normalized spacial score (nSPS) is 21.6. The molecule has 2 N–H and O–H groups in total. The van der Waals surface area contributed by atoms with E-state index in [1.807, 2.05) is 13.0 Å². The lowest BCUT2D eigenvalue weighted by atomic mass is 9.80. The van der Waals surface area contributed by atoms with E-state index in [9.17, 15) is 0 Å². The molecule has 0 saturated heterocycles. The highest BCUT2D eigenvalue weighted by Gasteiger charge is 2.24. The summed E-state index contributed by atoms with van der Waals surface area (Å²) in [5.41, 5.74) is 7.24. The molecular weight excluding hydrogens is 256 g/mol. The molecule has 1 fully saturated rings. The molecule has 21 heavy (non-hydrogen) atoms. The van der Waals surface area contributed by atoms with Crippen molar-refractivity contribution < 1.29 is 0 Å². The first-order valence-electron chi connectivity index (χ1n) is 8.22. The van der Waals surface area contributed by atoms with Crippen molar-refractivity contribution in [3.63, 3.8) is 0 Å². The first kappa shape index (κ1) is 18.0. The van der Waals surface area contributed by atoms with Gasteiger partial charge in [-0.05, 0) is 52.0 Å². The fourth-order valence-corrected chi connectivity index (χ4v) is 2.99. The molecule has 2 unspecified atom stereocenters. The Hall–Kier alpha value is -1.08. The molecule has 0 amide bonds. The minimum absolute atomic E-state index is 0.630. The lowest BCUT2D eigenvalue weighted by Gasteiger charge is -2.33. The Balaban J connectivity index is 2.37. The van der Waals surface area contributed by atoms with Crippen LogP contribution in [-0.4, -0.2) is 19.3 Å². The third kappa shape index (κ3) is 6.95. The first-order valence-corrected chi connectivity index (χ1v) is 8.22. The van der Waals surface area contributed by atoms with Crippen LogP contribution in [0.25, 0.3) is 0 Å². The van der Waals surface area contributed by atoms with Crippen molar-refractivity contribution in [2.24, 2.45) is 5.92 Å². The summed E-state index contributed by atoms with van der Waals surface area (Å²) in [7, 11) is 0. The molecular formula is C19H32N2. The van der Waals surface area contributed by atoms with Gasteiger partial charge in [-0.15, -0.1) is 5.73 Å². The molecule has 2 atom stereocenters. The van der Waals surface area contributed by atoms with E-state index in [-0.39, 0.29) is 0 Å². The van der Waals surface area contributed by atoms with Crippen molar-refractivity contribution in [2.75, 3.05) is 13.2 Å². The molecule has 0 aromatic heterocycles. The molecule has 0 spiro atoms. The van der Waals surface area contributed by atoms with Crippen molar-refractivity contribution in [1.82, 2.24) is 10.6 Å². The molecule has 1 aliphatic rings. The quantitative estimate of drug-likeness (QED) is 0.240. The van der Waals surface area contributed by atoms with E-state index in [4.69, 9.17) is 0 Å². The summed E-state index contributed by atoms with van der Waals surface area (Å²) in [6.45, 7) is 14.4. The van der Waals surface area contributed by atoms with E-state index in [1.165, 1.54) is 42.4 Å². The van der Waals surface area contributed by atoms with Crippen LogP contribution in [0.3, 0.4) is 0 Å². The molecule has 0 radical (unpaired) electrons. The zero-order chi connectivity index (χ0) is 15.7. The van der Waals surface area contributed by atoms with Crippen LogP contribution in [0.4, 0.5) is 0 Å². The van der Waals surface area contributed by atoms with Crippen LogP contribution in [0.5, 0.6) is 0 Å². The fraction of sp³-hybridized carbons (Fsp3) is 0.632. The topological polar surface area (TPSA) is 24.1 Å². The Morgan fingerprint density at radius 3 is 2.81 bits per heavy atom. The van der Waals surface area contributed by atoms with Gasteiger partial charge in [0.25, 0.3) is 0 Å². The standard InChI is InChI=1S/C19H32N2/c1-6-8-17(11-15(3)4)13-20-14-21-19-10-9-16(5)12-18(19)7-2/h6,11,18-21H,5,7,9-10,12-14H2,1-4H3. The summed E-state index contributed by atoms with van der Waals surface area (Å²) in [5.74, 6) is 0.747. The fourth-order valence-electron chi connectivity index (χ4n) is 2.99. The number of hydrogen-bond acceptors (Lipinski definition) is 2. The maximum Gasteiger partial charge on any atom is 0.0459 e. The minimum atomic E-state index is 0.630. The van der Waals surface area contributed by atoms with Gasteiger partial charge in [0.2, 0.25) is 0 Å². The van der Waals surface area contributed by atoms with E-state index < -0.39 is 0 Å². The molecule has 118 valence electrons. The summed E-state index contributed by atoms with van der Waals surface area (Å²) in [4.78, 5) is 0. The first-order chi connectivity index (χ1) is 10.1. The second-order valence-electron chi connectivity index (χ2n) is 6.26. The summed E-state index contributed by atoms with van der Waals surface area (Å²) >= 11 is 0. The SMILES string of the molecule is C=C1CCC(NCNCC(=C=CC)C=C(C)C)C(CC)C1. The van der Waals surface area contributed by atoms with Gasteiger partial charge in [-0.2, -0.15) is 0 Å². The van der Waals surface area contributed by atoms with Crippen LogP contribution in [0.1, 0.15) is 53.4 Å². The Morgan fingerprint density at radius 1 is 1.43 bits per heavy atom. The molecule has 2 heteroatoms. The average molecular weight is 288 g/mol.